The fourth-order valence-electron chi connectivity index (χ4n) is 5.74. The number of rotatable bonds is 8. The Balaban J connectivity index is 1.26. The smallest absolute Gasteiger partial charge is 0.349 e. The molecule has 2 N–H and O–H groups in total. The minimum atomic E-state index is -4.95. The van der Waals surface area contributed by atoms with E-state index in [2.05, 4.69) is 16.3 Å². The summed E-state index contributed by atoms with van der Waals surface area (Å²) in [5.74, 6) is -0.848. The molecule has 3 aromatic rings. The van der Waals surface area contributed by atoms with Crippen molar-refractivity contribution in [2.24, 2.45) is 0 Å². The second-order valence-corrected chi connectivity index (χ2v) is 12.5. The number of hydrogen-bond donors (Lipinski definition) is 2. The van der Waals surface area contributed by atoms with E-state index < -0.39 is 40.6 Å². The molecule has 3 aromatic carbocycles. The van der Waals surface area contributed by atoms with Gasteiger partial charge in [0.2, 0.25) is 15.9 Å². The van der Waals surface area contributed by atoms with Gasteiger partial charge < -0.3 is 5.32 Å². The van der Waals surface area contributed by atoms with Gasteiger partial charge in [0, 0.05) is 6.54 Å². The summed E-state index contributed by atoms with van der Waals surface area (Å²) in [7, 11) is -4.53. The van der Waals surface area contributed by atoms with Gasteiger partial charge in [-0.15, -0.1) is 0 Å². The van der Waals surface area contributed by atoms with E-state index >= 15 is 0 Å². The Labute approximate surface area is 233 Å². The molecule has 0 spiro atoms. The van der Waals surface area contributed by atoms with Crippen LogP contribution >= 0.6 is 0 Å². The maximum Gasteiger partial charge on any atom is 0.405 e. The van der Waals surface area contributed by atoms with Crippen LogP contribution in [0.1, 0.15) is 61.3 Å². The van der Waals surface area contributed by atoms with Gasteiger partial charge in [0.15, 0.2) is 0 Å². The molecule has 10 heteroatoms. The van der Waals surface area contributed by atoms with Crippen molar-refractivity contribution in [1.82, 2.24) is 14.9 Å². The molecule has 0 unspecified atom stereocenters. The van der Waals surface area contributed by atoms with Crippen molar-refractivity contribution in [2.45, 2.75) is 74.6 Å². The SMILES string of the molecule is O=C(C[C@H](NS(=O)(=O)c1ccc2ccccc2c1)C(F)(F)F)N[C@@H]1CCCc2cc(CN3CCCCC3)ccc21. The van der Waals surface area contributed by atoms with Crippen LogP contribution in [0.5, 0.6) is 0 Å². The average Bonchev–Trinajstić information content (AvgIpc) is 2.92. The van der Waals surface area contributed by atoms with Gasteiger partial charge in [-0.2, -0.15) is 17.9 Å². The zero-order chi connectivity index (χ0) is 28.3. The minimum Gasteiger partial charge on any atom is -0.349 e. The highest BCUT2D eigenvalue weighted by Crippen LogP contribution is 2.32. The number of hydrogen-bond acceptors (Lipinski definition) is 4. The maximum atomic E-state index is 13.9. The molecular formula is C30H34F3N3O3S. The van der Waals surface area contributed by atoms with E-state index in [1.165, 1.54) is 43.0 Å². The number of benzene rings is 3. The molecule has 214 valence electrons. The van der Waals surface area contributed by atoms with Crippen molar-refractivity contribution < 1.29 is 26.4 Å². The lowest BCUT2D eigenvalue weighted by atomic mass is 9.86. The fraction of sp³-hybridized carbons (Fsp3) is 0.433. The van der Waals surface area contributed by atoms with E-state index in [-0.39, 0.29) is 4.90 Å². The molecule has 40 heavy (non-hydrogen) atoms. The highest BCUT2D eigenvalue weighted by Gasteiger charge is 2.44. The van der Waals surface area contributed by atoms with Crippen LogP contribution in [0.3, 0.4) is 0 Å². The topological polar surface area (TPSA) is 78.5 Å². The van der Waals surface area contributed by atoms with Crippen LogP contribution in [0.4, 0.5) is 13.2 Å². The summed E-state index contributed by atoms with van der Waals surface area (Å²) in [6.07, 6.45) is -0.0441. The number of amides is 1. The predicted octanol–water partition coefficient (Wildman–Crippen LogP) is 5.62. The molecule has 2 aliphatic rings. The molecule has 6 nitrogen and oxygen atoms in total. The van der Waals surface area contributed by atoms with E-state index in [0.29, 0.717) is 11.8 Å². The van der Waals surface area contributed by atoms with Gasteiger partial charge in [-0.25, -0.2) is 8.42 Å². The number of piperidine rings is 1. The van der Waals surface area contributed by atoms with Crippen LogP contribution in [0, 0.1) is 0 Å². The molecule has 2 atom stereocenters. The average molecular weight is 574 g/mol. The summed E-state index contributed by atoms with van der Waals surface area (Å²) >= 11 is 0. The van der Waals surface area contributed by atoms with Gasteiger partial charge in [0.25, 0.3) is 0 Å². The van der Waals surface area contributed by atoms with Gasteiger partial charge in [0.1, 0.15) is 6.04 Å². The fourth-order valence-corrected chi connectivity index (χ4v) is 7.00. The predicted molar refractivity (Wildman–Crippen MR) is 148 cm³/mol. The molecule has 0 bridgehead atoms. The molecular weight excluding hydrogens is 539 g/mol. The number of aryl methyl sites for hydroxylation is 1. The monoisotopic (exact) mass is 573 g/mol. The molecule has 1 saturated heterocycles. The number of alkyl halides is 3. The van der Waals surface area contributed by atoms with E-state index in [0.717, 1.165) is 49.0 Å². The van der Waals surface area contributed by atoms with Gasteiger partial charge >= 0.3 is 6.18 Å². The van der Waals surface area contributed by atoms with Crippen molar-refractivity contribution >= 4 is 26.7 Å². The Hall–Kier alpha value is -2.95. The maximum absolute atomic E-state index is 13.9. The molecule has 1 aliphatic heterocycles. The summed E-state index contributed by atoms with van der Waals surface area (Å²) < 4.78 is 69.3. The van der Waals surface area contributed by atoms with E-state index in [4.69, 9.17) is 0 Å². The van der Waals surface area contributed by atoms with Crippen LogP contribution in [-0.4, -0.2) is 44.5 Å². The zero-order valence-corrected chi connectivity index (χ0v) is 23.0. The summed E-state index contributed by atoms with van der Waals surface area (Å²) in [6.45, 7) is 3.04. The lowest BCUT2D eigenvalue weighted by molar-refractivity contribution is -0.158. The van der Waals surface area contributed by atoms with Crippen molar-refractivity contribution in [2.75, 3.05) is 13.1 Å². The normalized spacial score (nSPS) is 19.2. The Morgan fingerprint density at radius 2 is 1.70 bits per heavy atom. The number of likely N-dealkylation sites (tertiary alicyclic amines) is 1. The lowest BCUT2D eigenvalue weighted by Gasteiger charge is -2.30. The largest absolute Gasteiger partial charge is 0.405 e. The van der Waals surface area contributed by atoms with E-state index in [1.807, 2.05) is 12.1 Å². The van der Waals surface area contributed by atoms with E-state index in [1.54, 1.807) is 29.0 Å². The number of nitrogens with one attached hydrogen (secondary N) is 2. The van der Waals surface area contributed by atoms with E-state index in [9.17, 15) is 26.4 Å². The van der Waals surface area contributed by atoms with Gasteiger partial charge in [0.05, 0.1) is 17.4 Å². The summed E-state index contributed by atoms with van der Waals surface area (Å²) in [4.78, 5) is 15.0. The first-order valence-electron chi connectivity index (χ1n) is 13.8. The molecule has 5 rings (SSSR count). The molecule has 1 fully saturated rings. The second-order valence-electron chi connectivity index (χ2n) is 10.8. The number of sulfonamides is 1. The van der Waals surface area contributed by atoms with Gasteiger partial charge in [-0.1, -0.05) is 55.0 Å². The molecule has 0 saturated carbocycles. The Morgan fingerprint density at radius 3 is 2.45 bits per heavy atom. The standard InChI is InChI=1S/C30H34F3N3O3S/c31-30(32,33)28(35-40(38,39)25-13-12-22-7-2-3-8-23(22)18-25)19-29(37)34-27-10-6-9-24-17-21(11-14-26(24)27)20-36-15-4-1-5-16-36/h2-3,7-8,11-14,17-18,27-28,35H,1,4-6,9-10,15-16,19-20H2,(H,34,37)/t27-,28+/m1/s1. The molecule has 1 heterocycles. The summed E-state index contributed by atoms with van der Waals surface area (Å²) in [5, 5.41) is 4.09. The lowest BCUT2D eigenvalue weighted by Crippen LogP contribution is -2.48. The van der Waals surface area contributed by atoms with Crippen molar-refractivity contribution in [3.63, 3.8) is 0 Å². The highest BCUT2D eigenvalue weighted by molar-refractivity contribution is 7.89. The first-order valence-corrected chi connectivity index (χ1v) is 15.3. The van der Waals surface area contributed by atoms with Crippen LogP contribution < -0.4 is 10.0 Å². The molecule has 0 aromatic heterocycles. The molecule has 0 radical (unpaired) electrons. The van der Waals surface area contributed by atoms with Gasteiger partial charge in [-0.05, 0) is 84.8 Å². The Kier molecular flexibility index (Phi) is 8.49. The Bertz CT molecular complexity index is 1470. The molecule has 1 amide bonds. The van der Waals surface area contributed by atoms with Crippen LogP contribution in [0.25, 0.3) is 10.8 Å². The first-order chi connectivity index (χ1) is 19.1. The number of carbonyl (C=O) groups is 1. The minimum absolute atomic E-state index is 0.289. The number of nitrogens with zero attached hydrogens (tertiary/aromatic N) is 1. The van der Waals surface area contributed by atoms with Crippen molar-refractivity contribution in [3.8, 4) is 0 Å². The quantitative estimate of drug-likeness (QED) is 0.367. The third-order valence-electron chi connectivity index (χ3n) is 7.83. The van der Waals surface area contributed by atoms with Crippen molar-refractivity contribution in [3.05, 3.63) is 77.4 Å². The number of carbonyl (C=O) groups excluding carboxylic acids is 1. The number of fused-ring (bicyclic) bond motifs is 2. The van der Waals surface area contributed by atoms with Crippen LogP contribution in [-0.2, 0) is 27.8 Å². The first kappa shape index (κ1) is 28.6. The molecule has 1 aliphatic carbocycles. The second kappa shape index (κ2) is 11.9. The Morgan fingerprint density at radius 1 is 0.950 bits per heavy atom. The van der Waals surface area contributed by atoms with Crippen molar-refractivity contribution in [1.29, 1.82) is 0 Å². The number of halogens is 3. The van der Waals surface area contributed by atoms with Crippen LogP contribution in [0.2, 0.25) is 0 Å². The zero-order valence-electron chi connectivity index (χ0n) is 22.2. The highest BCUT2D eigenvalue weighted by atomic mass is 32.2. The summed E-state index contributed by atoms with van der Waals surface area (Å²) in [5.41, 5.74) is 3.23. The van der Waals surface area contributed by atoms with Crippen LogP contribution in [0.15, 0.2) is 65.6 Å². The third-order valence-corrected chi connectivity index (χ3v) is 9.29. The van der Waals surface area contributed by atoms with Gasteiger partial charge in [-0.3, -0.25) is 9.69 Å². The summed E-state index contributed by atoms with van der Waals surface area (Å²) in [6, 6.07) is 14.3. The third kappa shape index (κ3) is 6.85.